The molecule has 0 spiro atoms. The van der Waals surface area contributed by atoms with Crippen LogP contribution in [0.3, 0.4) is 0 Å². The number of fused-ring (bicyclic) bond motifs is 1. The molecule has 4 aromatic rings. The lowest BCUT2D eigenvalue weighted by molar-refractivity contribution is -0.234. The van der Waals surface area contributed by atoms with E-state index >= 15 is 0 Å². The third-order valence-electron chi connectivity index (χ3n) is 9.99. The maximum absolute atomic E-state index is 13.6. The molecule has 3 aliphatic heterocycles. The summed E-state index contributed by atoms with van der Waals surface area (Å²) in [6.45, 7) is -0.485. The van der Waals surface area contributed by atoms with Gasteiger partial charge in [-0.25, -0.2) is 33.7 Å². The lowest BCUT2D eigenvalue weighted by Gasteiger charge is -2.35. The van der Waals surface area contributed by atoms with Crippen LogP contribution < -0.4 is 33.3 Å². The number of aryl methyl sites for hydroxylation is 1. The van der Waals surface area contributed by atoms with E-state index < -0.39 is 121 Å². The molecule has 29 nitrogen and oxygen atoms in total. The Labute approximate surface area is 340 Å². The van der Waals surface area contributed by atoms with Crippen LogP contribution in [0.2, 0.25) is 0 Å². The van der Waals surface area contributed by atoms with Crippen molar-refractivity contribution in [2.45, 2.75) is 81.5 Å². The van der Waals surface area contributed by atoms with Gasteiger partial charge in [-0.2, -0.15) is 4.98 Å². The highest BCUT2D eigenvalue weighted by atomic mass is 31.2. The summed E-state index contributed by atoms with van der Waals surface area (Å²) in [5.74, 6) is -1.49. The van der Waals surface area contributed by atoms with Crippen LogP contribution in [-0.2, 0) is 46.0 Å². The van der Waals surface area contributed by atoms with Gasteiger partial charge in [0.15, 0.2) is 11.5 Å². The van der Waals surface area contributed by atoms with Gasteiger partial charge in [-0.3, -0.25) is 41.6 Å². The number of hydrogen-bond donors (Lipinski definition) is 8. The lowest BCUT2D eigenvalue weighted by atomic mass is 9.89. The zero-order valence-electron chi connectivity index (χ0n) is 31.3. The van der Waals surface area contributed by atoms with E-state index in [1.165, 1.54) is 30.1 Å². The Balaban J connectivity index is 1.16. The highest BCUT2D eigenvalue weighted by molar-refractivity contribution is 7.47. The third-order valence-corrected chi connectivity index (χ3v) is 12.0. The molecule has 12 atom stereocenters. The Bertz CT molecular complexity index is 2600. The molecule has 3 fully saturated rings. The predicted molar refractivity (Wildman–Crippen MR) is 197 cm³/mol. The van der Waals surface area contributed by atoms with Gasteiger partial charge in [0.2, 0.25) is 0 Å². The van der Waals surface area contributed by atoms with Crippen molar-refractivity contribution in [2.75, 3.05) is 24.7 Å². The van der Waals surface area contributed by atoms with Crippen LogP contribution in [0.25, 0.3) is 11.2 Å². The van der Waals surface area contributed by atoms with Crippen molar-refractivity contribution in [1.82, 2.24) is 38.6 Å². The number of anilines is 2. The minimum absolute atomic E-state index is 0.0300. The molecule has 61 heavy (non-hydrogen) atoms. The van der Waals surface area contributed by atoms with Crippen LogP contribution in [0.1, 0.15) is 43.5 Å². The standard InChI is InChI=1S/C29H39N10O19P3/c1-12-7-38(29(43)36-27(12)41)19-4-13(23(58-60(47,48)49)24-14(40)5-20(56-24)39-11-34-22-25(31)32-10-33-26(22)39)16(54-19)8-53-61(50,51)57-15-6-21(37-3-2-18(30)35-28(37)42)55-17(15)9-52-59(44,45)46/h2-3,7,10-11,13-17,19-21,23-24,40H,4-6,8-9H2,1H3,(H,50,51)(H2,30,35,42)(H2,31,32,33)(H,36,41,43)(H2,44,45,46)(H2,47,48,49)/p-1. The Morgan fingerprint density at radius 3 is 2.33 bits per heavy atom. The van der Waals surface area contributed by atoms with E-state index in [1.807, 2.05) is 0 Å². The quantitative estimate of drug-likeness (QED) is 0.0567. The van der Waals surface area contributed by atoms with Crippen LogP contribution in [0, 0.1) is 12.8 Å². The maximum Gasteiger partial charge on any atom is 0.472 e. The van der Waals surface area contributed by atoms with E-state index in [9.17, 15) is 57.7 Å². The summed E-state index contributed by atoms with van der Waals surface area (Å²) in [5, 5.41) is 11.3. The zero-order chi connectivity index (χ0) is 44.2. The molecule has 0 aromatic carbocycles. The van der Waals surface area contributed by atoms with Crippen LogP contribution in [0.15, 0.2) is 45.5 Å². The maximum atomic E-state index is 13.6. The van der Waals surface area contributed by atoms with Crippen molar-refractivity contribution >= 4 is 46.3 Å². The number of nitrogen functional groups attached to an aromatic ring is 2. The summed E-state index contributed by atoms with van der Waals surface area (Å²) < 4.78 is 79.0. The largest absolute Gasteiger partial charge is 0.756 e. The number of aliphatic hydroxyl groups excluding tert-OH is 1. The first-order valence-corrected chi connectivity index (χ1v) is 22.4. The minimum Gasteiger partial charge on any atom is -0.756 e. The molecular formula is C29H38N10O19P3-. The number of nitrogens with one attached hydrogen (secondary N) is 1. The molecule has 0 saturated carbocycles. The van der Waals surface area contributed by atoms with Gasteiger partial charge in [-0.15, -0.1) is 0 Å². The Hall–Kier alpha value is -4.12. The SMILES string of the molecule is Cc1cn(C2CC(C(OP(=O)([O-])O)C3OC(n4cnc5c(N)ncnc54)CC3O)C(COP(=O)(O)OC3CC(n4ccc(N)nc4=O)OC3COP(=O)(O)O)O2)c(=O)[nH]c1=O. The lowest BCUT2D eigenvalue weighted by Crippen LogP contribution is -2.45. The Morgan fingerprint density at radius 2 is 1.62 bits per heavy atom. The molecule has 4 aromatic heterocycles. The molecule has 10 N–H and O–H groups in total. The smallest absolute Gasteiger partial charge is 0.472 e. The molecule has 7 heterocycles. The number of phosphoric acid groups is 3. The third kappa shape index (κ3) is 10.2. The summed E-state index contributed by atoms with van der Waals surface area (Å²) >= 11 is 0. The van der Waals surface area contributed by atoms with Gasteiger partial charge >= 0.3 is 27.0 Å². The topological polar surface area (TPSA) is 425 Å². The second kappa shape index (κ2) is 17.2. The number of ether oxygens (including phenoxy) is 3. The number of aromatic amines is 1. The van der Waals surface area contributed by atoms with E-state index in [1.54, 1.807) is 0 Å². The van der Waals surface area contributed by atoms with Gasteiger partial charge in [-0.05, 0) is 13.0 Å². The summed E-state index contributed by atoms with van der Waals surface area (Å²) in [4.78, 5) is 107. The average Bonchev–Trinajstić information content (AvgIpc) is 3.95. The Morgan fingerprint density at radius 1 is 0.934 bits per heavy atom. The molecule has 12 unspecified atom stereocenters. The summed E-state index contributed by atoms with van der Waals surface area (Å²) in [5.41, 5.74) is 9.29. The highest BCUT2D eigenvalue weighted by Crippen LogP contribution is 2.52. The predicted octanol–water partition coefficient (Wildman–Crippen LogP) is -2.60. The molecule has 3 saturated heterocycles. The van der Waals surface area contributed by atoms with Crippen molar-refractivity contribution < 1.29 is 75.6 Å². The number of nitrogens with zero attached hydrogens (tertiary/aromatic N) is 7. The van der Waals surface area contributed by atoms with E-state index in [2.05, 4.69) is 29.4 Å². The van der Waals surface area contributed by atoms with E-state index in [-0.39, 0.29) is 41.2 Å². The molecule has 0 radical (unpaired) electrons. The van der Waals surface area contributed by atoms with E-state index in [4.69, 9.17) is 39.2 Å². The molecule has 0 bridgehead atoms. The minimum atomic E-state index is -5.71. The van der Waals surface area contributed by atoms with Crippen LogP contribution in [0.4, 0.5) is 11.6 Å². The van der Waals surface area contributed by atoms with Gasteiger partial charge in [0.05, 0.1) is 31.7 Å². The summed E-state index contributed by atoms with van der Waals surface area (Å²) in [7, 11) is -16.2. The van der Waals surface area contributed by atoms with E-state index in [0.717, 1.165) is 21.7 Å². The normalized spacial score (nSPS) is 29.5. The number of hydrogen-bond acceptors (Lipinski definition) is 21. The number of nitrogens with two attached hydrogens (primary N) is 2. The fourth-order valence-corrected chi connectivity index (χ4v) is 9.19. The molecular weight excluding hydrogens is 885 g/mol. The van der Waals surface area contributed by atoms with Crippen molar-refractivity contribution in [3.63, 3.8) is 0 Å². The molecule has 0 aliphatic carbocycles. The van der Waals surface area contributed by atoms with Crippen molar-refractivity contribution in [3.05, 3.63) is 68.0 Å². The second-order valence-electron chi connectivity index (χ2n) is 14.1. The first-order valence-electron chi connectivity index (χ1n) is 17.9. The molecule has 0 amide bonds. The number of aliphatic hydroxyl groups is 1. The van der Waals surface area contributed by atoms with Gasteiger partial charge in [0.1, 0.15) is 60.8 Å². The monoisotopic (exact) mass is 923 g/mol. The number of imidazole rings is 1. The fourth-order valence-electron chi connectivity index (χ4n) is 7.31. The first kappa shape index (κ1) is 44.9. The number of phosphoric ester groups is 3. The molecule has 334 valence electrons. The Kier molecular flexibility index (Phi) is 12.7. The van der Waals surface area contributed by atoms with Crippen molar-refractivity contribution in [1.29, 1.82) is 0 Å². The first-order chi connectivity index (χ1) is 28.6. The van der Waals surface area contributed by atoms with Crippen molar-refractivity contribution in [2.24, 2.45) is 5.92 Å². The fraction of sp³-hybridized carbons (Fsp3) is 0.552. The van der Waals surface area contributed by atoms with Gasteiger partial charge in [0, 0.05) is 43.1 Å². The number of aromatic nitrogens is 8. The van der Waals surface area contributed by atoms with Gasteiger partial charge in [0.25, 0.3) is 13.4 Å². The average molecular weight is 924 g/mol. The van der Waals surface area contributed by atoms with Gasteiger partial charge in [-0.1, -0.05) is 0 Å². The zero-order valence-corrected chi connectivity index (χ0v) is 34.0. The summed E-state index contributed by atoms with van der Waals surface area (Å²) in [6, 6.07) is 1.24. The van der Waals surface area contributed by atoms with Crippen molar-refractivity contribution in [3.8, 4) is 0 Å². The van der Waals surface area contributed by atoms with Crippen LogP contribution >= 0.6 is 23.5 Å². The summed E-state index contributed by atoms with van der Waals surface area (Å²) in [6.07, 6.45) is -9.58. The number of rotatable bonds is 15. The number of H-pyrrole nitrogens is 1. The van der Waals surface area contributed by atoms with Crippen LogP contribution in [-0.4, -0.2) is 113 Å². The molecule has 7 rings (SSSR count). The van der Waals surface area contributed by atoms with Gasteiger partial charge < -0.3 is 59.8 Å². The van der Waals surface area contributed by atoms with Crippen LogP contribution in [0.5, 0.6) is 0 Å². The highest BCUT2D eigenvalue weighted by Gasteiger charge is 2.52. The van der Waals surface area contributed by atoms with E-state index in [0.29, 0.717) is 0 Å². The second-order valence-corrected chi connectivity index (χ2v) is 17.9. The molecule has 3 aliphatic rings. The molecule has 32 heteroatoms.